The molecule has 0 spiro atoms. The molecule has 1 aliphatic carbocycles. The van der Waals surface area contributed by atoms with Crippen molar-refractivity contribution in [3.05, 3.63) is 0 Å². The summed E-state index contributed by atoms with van der Waals surface area (Å²) in [5.41, 5.74) is 0. The van der Waals surface area contributed by atoms with E-state index < -0.39 is 0 Å². The third-order valence-electron chi connectivity index (χ3n) is 1.95. The highest BCUT2D eigenvalue weighted by atomic mass is 16.3. The number of rotatable bonds is 3. The van der Waals surface area contributed by atoms with Gasteiger partial charge < -0.3 is 10.2 Å². The molecule has 0 amide bonds. The van der Waals surface area contributed by atoms with Gasteiger partial charge in [-0.15, -0.1) is 0 Å². The Bertz CT molecular complexity index is 79.1. The standard InChI is InChI=1S/C6H13NO2/c8-4-7(5-9)6-2-1-3-6/h6,8-9H,1-5H2. The molecule has 1 aliphatic rings. The van der Waals surface area contributed by atoms with Gasteiger partial charge in [-0.2, -0.15) is 0 Å². The lowest BCUT2D eigenvalue weighted by molar-refractivity contribution is -0.0264. The van der Waals surface area contributed by atoms with Crippen LogP contribution in [-0.4, -0.2) is 34.6 Å². The molecule has 0 saturated heterocycles. The van der Waals surface area contributed by atoms with E-state index in [1.807, 2.05) is 0 Å². The minimum Gasteiger partial charge on any atom is -0.381 e. The smallest absolute Gasteiger partial charge is 0.0976 e. The van der Waals surface area contributed by atoms with Gasteiger partial charge in [-0.3, -0.25) is 4.90 Å². The molecule has 54 valence electrons. The van der Waals surface area contributed by atoms with Gasteiger partial charge in [0, 0.05) is 6.04 Å². The van der Waals surface area contributed by atoms with Crippen molar-refractivity contribution in [1.29, 1.82) is 0 Å². The summed E-state index contributed by atoms with van der Waals surface area (Å²) in [5.74, 6) is 0. The molecule has 0 aromatic heterocycles. The van der Waals surface area contributed by atoms with Crippen LogP contribution in [0.4, 0.5) is 0 Å². The Morgan fingerprint density at radius 1 is 1.22 bits per heavy atom. The fraction of sp³-hybridized carbons (Fsp3) is 1.00. The second-order valence-corrected chi connectivity index (χ2v) is 2.46. The summed E-state index contributed by atoms with van der Waals surface area (Å²) in [4.78, 5) is 1.67. The van der Waals surface area contributed by atoms with E-state index in [0.29, 0.717) is 6.04 Å². The molecule has 0 aromatic carbocycles. The summed E-state index contributed by atoms with van der Waals surface area (Å²) in [7, 11) is 0. The van der Waals surface area contributed by atoms with Crippen molar-refractivity contribution in [3.63, 3.8) is 0 Å². The molecular weight excluding hydrogens is 118 g/mol. The first kappa shape index (κ1) is 6.99. The highest BCUT2D eigenvalue weighted by Crippen LogP contribution is 2.23. The number of aliphatic hydroxyl groups is 2. The summed E-state index contributed by atoms with van der Waals surface area (Å²) in [5, 5.41) is 17.3. The number of hydrogen-bond donors (Lipinski definition) is 2. The van der Waals surface area contributed by atoms with Crippen LogP contribution in [0.5, 0.6) is 0 Å². The lowest BCUT2D eigenvalue weighted by Crippen LogP contribution is -2.41. The van der Waals surface area contributed by atoms with E-state index in [1.165, 1.54) is 6.42 Å². The van der Waals surface area contributed by atoms with Gasteiger partial charge in [0.25, 0.3) is 0 Å². The largest absolute Gasteiger partial charge is 0.381 e. The molecule has 0 bridgehead atoms. The average Bonchev–Trinajstić information content (AvgIpc) is 1.78. The molecule has 3 heteroatoms. The van der Waals surface area contributed by atoms with Crippen LogP contribution in [0, 0.1) is 0 Å². The third kappa shape index (κ3) is 1.41. The fourth-order valence-electron chi connectivity index (χ4n) is 1.03. The average molecular weight is 131 g/mol. The number of nitrogens with zero attached hydrogens (tertiary/aromatic N) is 1. The molecule has 2 N–H and O–H groups in total. The van der Waals surface area contributed by atoms with Crippen molar-refractivity contribution in [2.24, 2.45) is 0 Å². The van der Waals surface area contributed by atoms with E-state index >= 15 is 0 Å². The van der Waals surface area contributed by atoms with Gasteiger partial charge in [0.05, 0.1) is 13.5 Å². The maximum atomic E-state index is 8.63. The van der Waals surface area contributed by atoms with Crippen LogP contribution >= 0.6 is 0 Å². The summed E-state index contributed by atoms with van der Waals surface area (Å²) in [6.45, 7) is -0.0255. The molecule has 1 saturated carbocycles. The molecule has 0 atom stereocenters. The van der Waals surface area contributed by atoms with Gasteiger partial charge >= 0.3 is 0 Å². The molecule has 0 aliphatic heterocycles. The monoisotopic (exact) mass is 131 g/mol. The van der Waals surface area contributed by atoms with Crippen LogP contribution in [0.2, 0.25) is 0 Å². The first-order valence-electron chi connectivity index (χ1n) is 3.34. The Balaban J connectivity index is 2.19. The van der Waals surface area contributed by atoms with Crippen LogP contribution in [0.3, 0.4) is 0 Å². The van der Waals surface area contributed by atoms with Gasteiger partial charge in [-0.05, 0) is 12.8 Å². The Morgan fingerprint density at radius 2 is 1.78 bits per heavy atom. The summed E-state index contributed by atoms with van der Waals surface area (Å²) >= 11 is 0. The Kier molecular flexibility index (Phi) is 2.45. The predicted molar refractivity (Wildman–Crippen MR) is 33.6 cm³/mol. The second-order valence-electron chi connectivity index (χ2n) is 2.46. The van der Waals surface area contributed by atoms with E-state index in [4.69, 9.17) is 10.2 Å². The molecule has 0 heterocycles. The van der Waals surface area contributed by atoms with E-state index in [1.54, 1.807) is 4.90 Å². The molecule has 0 unspecified atom stereocenters. The number of hydrogen-bond acceptors (Lipinski definition) is 3. The Morgan fingerprint density at radius 3 is 1.89 bits per heavy atom. The third-order valence-corrected chi connectivity index (χ3v) is 1.95. The van der Waals surface area contributed by atoms with E-state index in [2.05, 4.69) is 0 Å². The zero-order valence-corrected chi connectivity index (χ0v) is 5.45. The van der Waals surface area contributed by atoms with Crippen molar-refractivity contribution in [1.82, 2.24) is 4.90 Å². The predicted octanol–water partition coefficient (Wildman–Crippen LogP) is -0.260. The lowest BCUT2D eigenvalue weighted by Gasteiger charge is -2.34. The first-order chi connectivity index (χ1) is 4.38. The van der Waals surface area contributed by atoms with Gasteiger partial charge in [0.15, 0.2) is 0 Å². The molecule has 0 aromatic rings. The minimum absolute atomic E-state index is 0.0127. The maximum Gasteiger partial charge on any atom is 0.0976 e. The zero-order chi connectivity index (χ0) is 6.69. The lowest BCUT2D eigenvalue weighted by atomic mass is 9.92. The molecule has 9 heavy (non-hydrogen) atoms. The quantitative estimate of drug-likeness (QED) is 0.519. The Hall–Kier alpha value is -0.120. The van der Waals surface area contributed by atoms with E-state index in [-0.39, 0.29) is 13.5 Å². The summed E-state index contributed by atoms with van der Waals surface area (Å²) < 4.78 is 0. The van der Waals surface area contributed by atoms with E-state index in [9.17, 15) is 0 Å². The van der Waals surface area contributed by atoms with Crippen LogP contribution < -0.4 is 0 Å². The first-order valence-corrected chi connectivity index (χ1v) is 3.34. The fourth-order valence-corrected chi connectivity index (χ4v) is 1.03. The van der Waals surface area contributed by atoms with Crippen molar-refractivity contribution in [2.75, 3.05) is 13.5 Å². The van der Waals surface area contributed by atoms with Crippen LogP contribution in [0.1, 0.15) is 19.3 Å². The van der Waals surface area contributed by atoms with Crippen molar-refractivity contribution < 1.29 is 10.2 Å². The van der Waals surface area contributed by atoms with Crippen LogP contribution in [-0.2, 0) is 0 Å². The minimum atomic E-state index is -0.0127. The van der Waals surface area contributed by atoms with Gasteiger partial charge in [-0.1, -0.05) is 6.42 Å². The molecule has 1 fully saturated rings. The van der Waals surface area contributed by atoms with Crippen LogP contribution in [0.25, 0.3) is 0 Å². The second kappa shape index (κ2) is 3.15. The summed E-state index contributed by atoms with van der Waals surface area (Å²) in [6, 6.07) is 0.444. The van der Waals surface area contributed by atoms with Crippen molar-refractivity contribution in [2.45, 2.75) is 25.3 Å². The van der Waals surface area contributed by atoms with Crippen molar-refractivity contribution in [3.8, 4) is 0 Å². The van der Waals surface area contributed by atoms with Gasteiger partial charge in [-0.25, -0.2) is 0 Å². The Labute approximate surface area is 54.9 Å². The maximum absolute atomic E-state index is 8.63. The zero-order valence-electron chi connectivity index (χ0n) is 5.45. The van der Waals surface area contributed by atoms with Gasteiger partial charge in [0.2, 0.25) is 0 Å². The molecule has 3 nitrogen and oxygen atoms in total. The highest BCUT2D eigenvalue weighted by molar-refractivity contribution is 4.76. The number of aliphatic hydroxyl groups excluding tert-OH is 2. The summed E-state index contributed by atoms with van der Waals surface area (Å²) in [6.07, 6.45) is 3.49. The highest BCUT2D eigenvalue weighted by Gasteiger charge is 2.22. The normalized spacial score (nSPS) is 20.3. The van der Waals surface area contributed by atoms with Crippen LogP contribution in [0.15, 0.2) is 0 Å². The molecule has 1 rings (SSSR count). The topological polar surface area (TPSA) is 43.7 Å². The molecular formula is C6H13NO2. The van der Waals surface area contributed by atoms with Crippen molar-refractivity contribution >= 4 is 0 Å². The molecule has 0 radical (unpaired) electrons. The van der Waals surface area contributed by atoms with E-state index in [0.717, 1.165) is 12.8 Å². The SMILES string of the molecule is OCN(CO)C1CCC1. The van der Waals surface area contributed by atoms with Gasteiger partial charge in [0.1, 0.15) is 0 Å².